The Bertz CT molecular complexity index is 2690. The van der Waals surface area contributed by atoms with Crippen LogP contribution in [0.15, 0.2) is 199 Å². The van der Waals surface area contributed by atoms with E-state index < -0.39 is 23.9 Å². The normalized spacial score (nSPS) is 13.6. The molecule has 0 bridgehead atoms. The summed E-state index contributed by atoms with van der Waals surface area (Å²) in [5.74, 6) is 6.20. The molecule has 1 aliphatic heterocycles. The first-order valence-corrected chi connectivity index (χ1v) is 26.9. The number of allylic oxidation sites excluding steroid dienone is 4. The second kappa shape index (κ2) is 21.7. The summed E-state index contributed by atoms with van der Waals surface area (Å²) in [4.78, 5) is 0. The molecule has 306 valence electrons. The third-order valence-corrected chi connectivity index (χ3v) is 22.3. The molecule has 0 saturated carbocycles. The van der Waals surface area contributed by atoms with E-state index in [-0.39, 0.29) is 44.8 Å². The molecule has 10 rings (SSSR count). The summed E-state index contributed by atoms with van der Waals surface area (Å²) in [5.41, 5.74) is 9.71. The summed E-state index contributed by atoms with van der Waals surface area (Å²) >= 11 is 0. The van der Waals surface area contributed by atoms with E-state index >= 15 is 0 Å². The zero-order valence-corrected chi connectivity index (χ0v) is 41.7. The van der Waals surface area contributed by atoms with E-state index in [0.717, 1.165) is 17.5 Å². The summed E-state index contributed by atoms with van der Waals surface area (Å²) in [6, 6.07) is 63.1. The van der Waals surface area contributed by atoms with Crippen LogP contribution in [-0.4, -0.2) is 14.0 Å². The molecule has 61 heavy (non-hydrogen) atoms. The first kappa shape index (κ1) is 46.2. The fourth-order valence-electron chi connectivity index (χ4n) is 8.67. The molecule has 0 amide bonds. The van der Waals surface area contributed by atoms with Crippen LogP contribution >= 0.6 is 15.8 Å². The molecule has 0 radical (unpaired) electrons. The molecule has 7 aromatic rings. The molecular weight excluding hydrogens is 1160 g/mol. The SMILES string of the molecule is C1=CC([PH+](C[PH+](c2ccccc2)c2ccccc2)c2ccccc2)=CCC1.[Au+].[Au+].[C-]#Cc1ccc2c(c1)-c1ccccc1C2.[C-]#Cc1ccc2c(c1)-c1ccccc1[Si]2(C)C. The molecule has 0 aromatic heterocycles. The van der Waals surface area contributed by atoms with Gasteiger partial charge < -0.3 is 12.8 Å². The van der Waals surface area contributed by atoms with Gasteiger partial charge in [-0.2, -0.15) is 0 Å². The van der Waals surface area contributed by atoms with Crippen molar-refractivity contribution in [1.82, 2.24) is 0 Å². The summed E-state index contributed by atoms with van der Waals surface area (Å²) in [6.45, 7) is 4.79. The minimum atomic E-state index is -1.51. The van der Waals surface area contributed by atoms with E-state index in [1.165, 1.54) is 78.4 Å². The molecule has 7 aromatic carbocycles. The topological polar surface area (TPSA) is 0 Å². The van der Waals surface area contributed by atoms with Crippen molar-refractivity contribution in [3.8, 4) is 34.1 Å². The third-order valence-electron chi connectivity index (χ3n) is 11.7. The summed E-state index contributed by atoms with van der Waals surface area (Å²) < 4.78 is 0. The summed E-state index contributed by atoms with van der Waals surface area (Å²) in [7, 11) is -3.13. The largest absolute Gasteiger partial charge is 1.00 e. The Balaban J connectivity index is 0.000000159. The average Bonchev–Trinajstić information content (AvgIpc) is 3.79. The van der Waals surface area contributed by atoms with Crippen molar-refractivity contribution >= 4 is 50.2 Å². The zero-order valence-electron chi connectivity index (χ0n) is 34.4. The van der Waals surface area contributed by atoms with Gasteiger partial charge in [0.15, 0.2) is 5.90 Å². The molecule has 1 atom stereocenters. The van der Waals surface area contributed by atoms with Crippen molar-refractivity contribution in [3.63, 3.8) is 0 Å². The van der Waals surface area contributed by atoms with Crippen molar-refractivity contribution in [2.24, 2.45) is 0 Å². The van der Waals surface area contributed by atoms with Gasteiger partial charge >= 0.3 is 44.8 Å². The van der Waals surface area contributed by atoms with Crippen LogP contribution < -0.4 is 26.3 Å². The summed E-state index contributed by atoms with van der Waals surface area (Å²) in [5, 5.41) is 9.16. The Hall–Kier alpha value is -4.30. The quantitative estimate of drug-likeness (QED) is 0.0674. The van der Waals surface area contributed by atoms with Gasteiger partial charge in [0.2, 0.25) is 0 Å². The number of fused-ring (bicyclic) bond motifs is 6. The fraction of sp³-hybridized carbons (Fsp3) is 0.107. The predicted octanol–water partition coefficient (Wildman–Crippen LogP) is 11.2. The van der Waals surface area contributed by atoms with Gasteiger partial charge in [0, 0.05) is 0 Å². The molecule has 0 spiro atoms. The van der Waals surface area contributed by atoms with Crippen LogP contribution in [0, 0.1) is 24.7 Å². The van der Waals surface area contributed by atoms with Crippen LogP contribution in [0.4, 0.5) is 0 Å². The molecule has 0 saturated heterocycles. The molecule has 0 N–H and O–H groups in total. The molecule has 3 aliphatic rings. The van der Waals surface area contributed by atoms with Crippen LogP contribution in [0.2, 0.25) is 13.1 Å². The molecular formula is C56H48Au2P2Si+2. The Morgan fingerprint density at radius 3 is 1.57 bits per heavy atom. The zero-order chi connectivity index (χ0) is 40.6. The van der Waals surface area contributed by atoms with E-state index in [0.29, 0.717) is 0 Å². The number of hydrogen-bond donors (Lipinski definition) is 0. The minimum Gasteiger partial charge on any atom is -0.366 e. The Morgan fingerprint density at radius 2 is 0.984 bits per heavy atom. The second-order valence-electron chi connectivity index (χ2n) is 15.8. The van der Waals surface area contributed by atoms with Crippen LogP contribution in [0.25, 0.3) is 22.3 Å². The van der Waals surface area contributed by atoms with Crippen molar-refractivity contribution in [2.75, 3.05) is 5.90 Å². The third kappa shape index (κ3) is 10.5. The van der Waals surface area contributed by atoms with E-state index in [2.05, 4.69) is 201 Å². The number of hydrogen-bond acceptors (Lipinski definition) is 0. The average molecular weight is 1200 g/mol. The molecule has 2 aliphatic carbocycles. The summed E-state index contributed by atoms with van der Waals surface area (Å²) in [6.07, 6.45) is 25.0. The first-order valence-electron chi connectivity index (χ1n) is 20.5. The molecule has 0 nitrogen and oxygen atoms in total. The number of benzene rings is 7. The smallest absolute Gasteiger partial charge is 0.366 e. The molecule has 1 unspecified atom stereocenters. The van der Waals surface area contributed by atoms with E-state index in [4.69, 9.17) is 12.8 Å². The molecule has 5 heteroatoms. The number of rotatable bonds is 6. The van der Waals surface area contributed by atoms with Gasteiger partial charge in [-0.15, -0.1) is 35.4 Å². The van der Waals surface area contributed by atoms with Gasteiger partial charge in [0.25, 0.3) is 0 Å². The van der Waals surface area contributed by atoms with E-state index in [1.54, 1.807) is 5.31 Å². The van der Waals surface area contributed by atoms with Crippen LogP contribution in [-0.2, 0) is 51.2 Å². The van der Waals surface area contributed by atoms with Crippen LogP contribution in [0.1, 0.15) is 35.1 Å². The fourth-order valence-corrected chi connectivity index (χ4v) is 19.6. The van der Waals surface area contributed by atoms with Gasteiger partial charge in [-0.1, -0.05) is 134 Å². The van der Waals surface area contributed by atoms with Crippen molar-refractivity contribution in [3.05, 3.63) is 235 Å². The van der Waals surface area contributed by atoms with Gasteiger partial charge in [0.05, 0.1) is 5.31 Å². The Labute approximate surface area is 398 Å². The van der Waals surface area contributed by atoms with Gasteiger partial charge in [-0.05, 0) is 112 Å². The van der Waals surface area contributed by atoms with Crippen molar-refractivity contribution < 1.29 is 44.8 Å². The van der Waals surface area contributed by atoms with Gasteiger partial charge in [-0.25, -0.2) is 0 Å². The van der Waals surface area contributed by atoms with Gasteiger partial charge in [-0.3, -0.25) is 11.8 Å². The Kier molecular flexibility index (Phi) is 16.4. The van der Waals surface area contributed by atoms with Crippen molar-refractivity contribution in [2.45, 2.75) is 32.4 Å². The maximum atomic E-state index is 7.25. The van der Waals surface area contributed by atoms with Crippen LogP contribution in [0.5, 0.6) is 0 Å². The molecule has 0 fully saturated rings. The molecule has 1 heterocycles. The Morgan fingerprint density at radius 1 is 0.492 bits per heavy atom. The van der Waals surface area contributed by atoms with Gasteiger partial charge in [0.1, 0.15) is 39.8 Å². The first-order chi connectivity index (χ1) is 28.9. The van der Waals surface area contributed by atoms with E-state index in [1.807, 2.05) is 18.2 Å². The van der Waals surface area contributed by atoms with Crippen LogP contribution in [0.3, 0.4) is 0 Å². The second-order valence-corrected chi connectivity index (χ2v) is 25.7. The maximum absolute atomic E-state index is 7.25. The predicted molar refractivity (Wildman–Crippen MR) is 262 cm³/mol. The minimum absolute atomic E-state index is 0. The maximum Gasteiger partial charge on any atom is 1.00 e. The monoisotopic (exact) mass is 1200 g/mol. The van der Waals surface area contributed by atoms with Crippen molar-refractivity contribution in [1.29, 1.82) is 0 Å². The standard InChI is InChI=1S/C25H24P2.C16H13Si.C15H9.2Au/c1-5-13-22(14-6-1)26(23-15-7-2-8-16-23)21-27(24-17-9-3-10-18-24)25-19-11-4-12-20-25;1-4-12-9-10-16-14(11-12)13-7-5-6-8-15(13)17(16,2)3;1-2-11-7-8-13-10-12-5-3-4-6-14(12)15(13)9-11;;/h1-3,5-11,13-20H,4,12,21H2;5-11H,2-3H3;3-9H,10H2;;/q;2*-1;2*+1/p+2. The van der Waals surface area contributed by atoms with E-state index in [9.17, 15) is 0 Å².